The first kappa shape index (κ1) is 18.8. The summed E-state index contributed by atoms with van der Waals surface area (Å²) in [6, 6.07) is 12.1. The molecular weight excluding hydrogens is 344 g/mol. The zero-order chi connectivity index (χ0) is 18.9. The van der Waals surface area contributed by atoms with Crippen molar-refractivity contribution in [1.82, 2.24) is 0 Å². The van der Waals surface area contributed by atoms with E-state index >= 15 is 0 Å². The van der Waals surface area contributed by atoms with Crippen molar-refractivity contribution in [2.24, 2.45) is 4.99 Å². The van der Waals surface area contributed by atoms with Crippen LogP contribution < -0.4 is 9.64 Å². The highest BCUT2D eigenvalue weighted by atomic mass is 35.5. The Morgan fingerprint density at radius 3 is 2.73 bits per heavy atom. The molecule has 1 unspecified atom stereocenters. The first-order valence-corrected chi connectivity index (χ1v) is 9.52. The van der Waals surface area contributed by atoms with Gasteiger partial charge in [0.15, 0.2) is 0 Å². The Kier molecular flexibility index (Phi) is 5.29. The lowest BCUT2D eigenvalue weighted by Crippen LogP contribution is -2.48. The van der Waals surface area contributed by atoms with E-state index in [2.05, 4.69) is 55.8 Å². The Morgan fingerprint density at radius 2 is 2.04 bits per heavy atom. The van der Waals surface area contributed by atoms with Gasteiger partial charge in [0.1, 0.15) is 11.4 Å². The minimum atomic E-state index is 0.185. The average molecular weight is 371 g/mol. The zero-order valence-corrected chi connectivity index (χ0v) is 17.0. The number of aliphatic imine (C=N–C) groups is 1. The van der Waals surface area contributed by atoms with Gasteiger partial charge in [0.2, 0.25) is 0 Å². The van der Waals surface area contributed by atoms with E-state index in [1.54, 1.807) is 13.2 Å². The maximum atomic E-state index is 6.09. The van der Waals surface area contributed by atoms with Crippen LogP contribution in [0.15, 0.2) is 41.4 Å². The summed E-state index contributed by atoms with van der Waals surface area (Å²) >= 11 is 6.09. The van der Waals surface area contributed by atoms with Crippen LogP contribution in [0.25, 0.3) is 0 Å². The molecule has 1 aliphatic heterocycles. The van der Waals surface area contributed by atoms with Crippen LogP contribution in [0.4, 0.5) is 11.4 Å². The van der Waals surface area contributed by atoms with Crippen LogP contribution >= 0.6 is 11.6 Å². The van der Waals surface area contributed by atoms with Crippen LogP contribution in [0, 0.1) is 0 Å². The highest BCUT2D eigenvalue weighted by molar-refractivity contribution is 6.30. The summed E-state index contributed by atoms with van der Waals surface area (Å²) in [6.07, 6.45) is 3.04. The number of rotatable bonds is 4. The zero-order valence-electron chi connectivity index (χ0n) is 16.2. The molecule has 0 saturated heterocycles. The van der Waals surface area contributed by atoms with Gasteiger partial charge in [0.25, 0.3) is 0 Å². The standard InChI is InChI=1S/C22H27ClN2O/c1-6-25-20-9-7-16(11-18(20)15(2)13-22(25,3)4)14-24-19-12-17(23)8-10-21(19)26-5/h7-12,14-15H,6,13H2,1-5H3. The molecule has 0 spiro atoms. The molecule has 1 heterocycles. The average Bonchev–Trinajstić information content (AvgIpc) is 2.60. The highest BCUT2D eigenvalue weighted by Gasteiger charge is 2.35. The monoisotopic (exact) mass is 370 g/mol. The molecule has 26 heavy (non-hydrogen) atoms. The van der Waals surface area contributed by atoms with E-state index in [1.807, 2.05) is 18.3 Å². The van der Waals surface area contributed by atoms with E-state index in [9.17, 15) is 0 Å². The smallest absolute Gasteiger partial charge is 0.144 e. The van der Waals surface area contributed by atoms with Crippen molar-refractivity contribution in [2.45, 2.75) is 45.6 Å². The first-order chi connectivity index (χ1) is 12.4. The van der Waals surface area contributed by atoms with Gasteiger partial charge in [-0.2, -0.15) is 0 Å². The van der Waals surface area contributed by atoms with Gasteiger partial charge in [0, 0.05) is 29.0 Å². The van der Waals surface area contributed by atoms with Crippen molar-refractivity contribution >= 4 is 29.2 Å². The van der Waals surface area contributed by atoms with Gasteiger partial charge >= 0.3 is 0 Å². The molecule has 3 rings (SSSR count). The highest BCUT2D eigenvalue weighted by Crippen LogP contribution is 2.43. The fraction of sp³-hybridized carbons (Fsp3) is 0.409. The predicted molar refractivity (Wildman–Crippen MR) is 112 cm³/mol. The van der Waals surface area contributed by atoms with Crippen molar-refractivity contribution in [3.63, 3.8) is 0 Å². The number of anilines is 1. The van der Waals surface area contributed by atoms with E-state index in [1.165, 1.54) is 11.3 Å². The third-order valence-electron chi connectivity index (χ3n) is 5.22. The van der Waals surface area contributed by atoms with Crippen LogP contribution in [0.3, 0.4) is 0 Å². The van der Waals surface area contributed by atoms with Gasteiger partial charge in [-0.25, -0.2) is 0 Å². The summed E-state index contributed by atoms with van der Waals surface area (Å²) in [7, 11) is 1.64. The van der Waals surface area contributed by atoms with Crippen molar-refractivity contribution in [3.05, 3.63) is 52.5 Å². The molecule has 1 atom stereocenters. The van der Waals surface area contributed by atoms with Gasteiger partial charge < -0.3 is 9.64 Å². The molecular formula is C22H27ClN2O. The molecule has 0 N–H and O–H groups in total. The minimum absolute atomic E-state index is 0.185. The molecule has 2 aromatic rings. The van der Waals surface area contributed by atoms with Gasteiger partial charge in [-0.15, -0.1) is 0 Å². The molecule has 0 amide bonds. The van der Waals surface area contributed by atoms with Crippen LogP contribution in [0.5, 0.6) is 5.75 Å². The summed E-state index contributed by atoms with van der Waals surface area (Å²) < 4.78 is 5.37. The number of fused-ring (bicyclic) bond motifs is 1. The molecule has 1 aliphatic rings. The SMILES string of the molecule is CCN1c2ccc(C=Nc3cc(Cl)ccc3OC)cc2C(C)CC1(C)C. The molecule has 138 valence electrons. The van der Waals surface area contributed by atoms with Crippen molar-refractivity contribution in [3.8, 4) is 5.75 Å². The minimum Gasteiger partial charge on any atom is -0.494 e. The molecule has 0 fully saturated rings. The van der Waals surface area contributed by atoms with E-state index in [0.717, 1.165) is 30.0 Å². The molecule has 0 aliphatic carbocycles. The number of ether oxygens (including phenoxy) is 1. The van der Waals surface area contributed by atoms with E-state index < -0.39 is 0 Å². The molecule has 2 aromatic carbocycles. The van der Waals surface area contributed by atoms with Crippen LogP contribution in [0.1, 0.15) is 51.2 Å². The maximum absolute atomic E-state index is 6.09. The molecule has 0 bridgehead atoms. The second kappa shape index (κ2) is 7.32. The number of methoxy groups -OCH3 is 1. The lowest BCUT2D eigenvalue weighted by Gasteiger charge is -2.47. The third-order valence-corrected chi connectivity index (χ3v) is 5.45. The fourth-order valence-electron chi connectivity index (χ4n) is 4.10. The Hall–Kier alpha value is -2.00. The molecule has 0 radical (unpaired) electrons. The van der Waals surface area contributed by atoms with E-state index in [-0.39, 0.29) is 5.54 Å². The number of hydrogen-bond donors (Lipinski definition) is 0. The van der Waals surface area contributed by atoms with Gasteiger partial charge in [-0.05, 0) is 74.6 Å². The first-order valence-electron chi connectivity index (χ1n) is 9.15. The number of halogens is 1. The van der Waals surface area contributed by atoms with E-state index in [4.69, 9.17) is 16.3 Å². The second-order valence-corrected chi connectivity index (χ2v) is 7.99. The largest absolute Gasteiger partial charge is 0.494 e. The second-order valence-electron chi connectivity index (χ2n) is 7.55. The molecule has 0 saturated carbocycles. The summed E-state index contributed by atoms with van der Waals surface area (Å²) in [5.41, 5.74) is 4.75. The summed E-state index contributed by atoms with van der Waals surface area (Å²) in [6.45, 7) is 10.2. The molecule has 3 nitrogen and oxygen atoms in total. The fourth-order valence-corrected chi connectivity index (χ4v) is 4.26. The number of nitrogens with zero attached hydrogens (tertiary/aromatic N) is 2. The number of hydrogen-bond acceptors (Lipinski definition) is 3. The maximum Gasteiger partial charge on any atom is 0.144 e. The Labute approximate surface area is 161 Å². The lowest BCUT2D eigenvalue weighted by molar-refractivity contribution is 0.381. The topological polar surface area (TPSA) is 24.8 Å². The van der Waals surface area contributed by atoms with Gasteiger partial charge in [0.05, 0.1) is 7.11 Å². The molecule has 4 heteroatoms. The Balaban J connectivity index is 1.95. The van der Waals surface area contributed by atoms with Crippen molar-refractivity contribution in [1.29, 1.82) is 0 Å². The lowest BCUT2D eigenvalue weighted by atomic mass is 9.79. The Bertz CT molecular complexity index is 829. The normalized spacial score (nSPS) is 18.8. The van der Waals surface area contributed by atoms with Crippen molar-refractivity contribution < 1.29 is 4.74 Å². The van der Waals surface area contributed by atoms with E-state index in [0.29, 0.717) is 10.9 Å². The van der Waals surface area contributed by atoms with Gasteiger partial charge in [-0.3, -0.25) is 4.99 Å². The van der Waals surface area contributed by atoms with Crippen molar-refractivity contribution in [2.75, 3.05) is 18.6 Å². The predicted octanol–water partition coefficient (Wildman–Crippen LogP) is 6.21. The molecule has 0 aromatic heterocycles. The Morgan fingerprint density at radius 1 is 1.27 bits per heavy atom. The van der Waals surface area contributed by atoms with Crippen LogP contribution in [-0.4, -0.2) is 25.4 Å². The summed E-state index contributed by atoms with van der Waals surface area (Å²) in [4.78, 5) is 7.11. The summed E-state index contributed by atoms with van der Waals surface area (Å²) in [5.74, 6) is 1.24. The number of benzene rings is 2. The van der Waals surface area contributed by atoms with Crippen LogP contribution in [-0.2, 0) is 0 Å². The quantitative estimate of drug-likeness (QED) is 0.597. The van der Waals surface area contributed by atoms with Crippen LogP contribution in [0.2, 0.25) is 5.02 Å². The third kappa shape index (κ3) is 3.59. The van der Waals surface area contributed by atoms with Gasteiger partial charge in [-0.1, -0.05) is 24.6 Å². The summed E-state index contributed by atoms with van der Waals surface area (Å²) in [5, 5.41) is 0.651.